The van der Waals surface area contributed by atoms with E-state index in [4.69, 9.17) is 0 Å². The van der Waals surface area contributed by atoms with Crippen LogP contribution in [0.15, 0.2) is 4.99 Å². The number of nitrogens with one attached hydrogen (secondary N) is 1. The molecular formula is C10H22N2. The van der Waals surface area contributed by atoms with Crippen molar-refractivity contribution in [1.82, 2.24) is 5.32 Å². The highest BCUT2D eigenvalue weighted by Gasteiger charge is 2.13. The summed E-state index contributed by atoms with van der Waals surface area (Å²) in [6.45, 7) is 10.7. The van der Waals surface area contributed by atoms with Crippen LogP contribution >= 0.6 is 0 Å². The second-order valence-electron chi connectivity index (χ2n) is 4.82. The maximum atomic E-state index is 4.42. The van der Waals surface area contributed by atoms with E-state index in [0.717, 1.165) is 6.42 Å². The Hall–Kier alpha value is -0.370. The Morgan fingerprint density at radius 2 is 1.67 bits per heavy atom. The average molecular weight is 170 g/mol. The highest BCUT2D eigenvalue weighted by Crippen LogP contribution is 2.08. The third kappa shape index (κ3) is 6.35. The van der Waals surface area contributed by atoms with Crippen LogP contribution in [-0.2, 0) is 0 Å². The lowest BCUT2D eigenvalue weighted by atomic mass is 10.0. The van der Waals surface area contributed by atoms with Gasteiger partial charge in [0.25, 0.3) is 0 Å². The van der Waals surface area contributed by atoms with Gasteiger partial charge in [-0.1, -0.05) is 0 Å². The molecule has 0 aliphatic rings. The van der Waals surface area contributed by atoms with Crippen LogP contribution < -0.4 is 5.32 Å². The van der Waals surface area contributed by atoms with Crippen molar-refractivity contribution < 1.29 is 0 Å². The number of hydrogen-bond acceptors (Lipinski definition) is 2. The zero-order valence-corrected chi connectivity index (χ0v) is 9.23. The lowest BCUT2D eigenvalue weighted by molar-refractivity contribution is 0.441. The van der Waals surface area contributed by atoms with Crippen molar-refractivity contribution in [3.63, 3.8) is 0 Å². The van der Waals surface area contributed by atoms with E-state index in [1.54, 1.807) is 0 Å². The van der Waals surface area contributed by atoms with Crippen LogP contribution in [0.25, 0.3) is 0 Å². The Morgan fingerprint density at radius 1 is 1.17 bits per heavy atom. The van der Waals surface area contributed by atoms with Crippen LogP contribution in [0, 0.1) is 0 Å². The van der Waals surface area contributed by atoms with Crippen molar-refractivity contribution in [3.05, 3.63) is 0 Å². The summed E-state index contributed by atoms with van der Waals surface area (Å²) < 4.78 is 0. The van der Waals surface area contributed by atoms with Gasteiger partial charge >= 0.3 is 0 Å². The SMILES string of the molecule is CNC(C)(C)CC=NC(C)(C)C. The van der Waals surface area contributed by atoms with Crippen LogP contribution in [0.2, 0.25) is 0 Å². The predicted molar refractivity (Wildman–Crippen MR) is 56.0 cm³/mol. The highest BCUT2D eigenvalue weighted by molar-refractivity contribution is 5.59. The van der Waals surface area contributed by atoms with Crippen LogP contribution in [0.3, 0.4) is 0 Å². The summed E-state index contributed by atoms with van der Waals surface area (Å²) in [5.74, 6) is 0. The monoisotopic (exact) mass is 170 g/mol. The second-order valence-corrected chi connectivity index (χ2v) is 4.82. The van der Waals surface area contributed by atoms with Gasteiger partial charge in [0.1, 0.15) is 0 Å². The Balaban J connectivity index is 3.91. The molecule has 0 unspecified atom stereocenters. The first-order chi connectivity index (χ1) is 5.27. The topological polar surface area (TPSA) is 24.4 Å². The standard InChI is InChI=1S/C10H22N2/c1-9(2,3)12-8-7-10(4,5)11-6/h8,11H,7H2,1-6H3. The van der Waals surface area contributed by atoms with Gasteiger partial charge in [0.2, 0.25) is 0 Å². The van der Waals surface area contributed by atoms with E-state index < -0.39 is 0 Å². The van der Waals surface area contributed by atoms with Crippen molar-refractivity contribution in [2.24, 2.45) is 4.99 Å². The van der Waals surface area contributed by atoms with Crippen molar-refractivity contribution >= 4 is 6.21 Å². The van der Waals surface area contributed by atoms with Gasteiger partial charge in [0.15, 0.2) is 0 Å². The lowest BCUT2D eigenvalue weighted by Crippen LogP contribution is -2.36. The minimum atomic E-state index is 0.0593. The third-order valence-electron chi connectivity index (χ3n) is 1.76. The molecule has 0 bridgehead atoms. The van der Waals surface area contributed by atoms with E-state index in [2.05, 4.69) is 44.9 Å². The summed E-state index contributed by atoms with van der Waals surface area (Å²) in [4.78, 5) is 4.42. The summed E-state index contributed by atoms with van der Waals surface area (Å²) in [5.41, 5.74) is 0.221. The highest BCUT2D eigenvalue weighted by atomic mass is 14.9. The van der Waals surface area contributed by atoms with Gasteiger partial charge in [-0.3, -0.25) is 4.99 Å². The zero-order valence-electron chi connectivity index (χ0n) is 9.23. The molecule has 0 aliphatic heterocycles. The zero-order chi connectivity index (χ0) is 9.83. The molecule has 0 heterocycles. The Labute approximate surface area is 76.5 Å². The van der Waals surface area contributed by atoms with E-state index in [9.17, 15) is 0 Å². The van der Waals surface area contributed by atoms with E-state index >= 15 is 0 Å². The smallest absolute Gasteiger partial charge is 0.0520 e. The molecule has 1 N–H and O–H groups in total. The van der Waals surface area contributed by atoms with E-state index in [1.165, 1.54) is 0 Å². The van der Waals surface area contributed by atoms with Gasteiger partial charge in [0, 0.05) is 11.8 Å². The maximum Gasteiger partial charge on any atom is 0.0520 e. The van der Waals surface area contributed by atoms with Gasteiger partial charge in [-0.05, 0) is 48.1 Å². The first kappa shape index (κ1) is 11.6. The summed E-state index contributed by atoms with van der Waals surface area (Å²) in [7, 11) is 1.98. The number of rotatable bonds is 3. The first-order valence-electron chi connectivity index (χ1n) is 4.49. The van der Waals surface area contributed by atoms with Gasteiger partial charge < -0.3 is 5.32 Å². The minimum Gasteiger partial charge on any atom is -0.314 e. The molecule has 2 heteroatoms. The molecule has 0 fully saturated rings. The molecule has 0 radical (unpaired) electrons. The van der Waals surface area contributed by atoms with Gasteiger partial charge in [0.05, 0.1) is 5.54 Å². The van der Waals surface area contributed by atoms with Gasteiger partial charge in [-0.15, -0.1) is 0 Å². The van der Waals surface area contributed by atoms with Crippen LogP contribution in [0.4, 0.5) is 0 Å². The van der Waals surface area contributed by atoms with Crippen molar-refractivity contribution in [1.29, 1.82) is 0 Å². The van der Waals surface area contributed by atoms with Crippen molar-refractivity contribution in [3.8, 4) is 0 Å². The normalized spacial score (nSPS) is 14.2. The van der Waals surface area contributed by atoms with E-state index in [0.29, 0.717) is 0 Å². The molecule has 72 valence electrons. The summed E-state index contributed by atoms with van der Waals surface area (Å²) in [5, 5.41) is 3.24. The molecule has 0 amide bonds. The van der Waals surface area contributed by atoms with Crippen LogP contribution in [-0.4, -0.2) is 24.3 Å². The van der Waals surface area contributed by atoms with Crippen LogP contribution in [0.5, 0.6) is 0 Å². The minimum absolute atomic E-state index is 0.0593. The molecule has 2 nitrogen and oxygen atoms in total. The average Bonchev–Trinajstić information content (AvgIpc) is 1.84. The molecular weight excluding hydrogens is 148 g/mol. The fourth-order valence-electron chi connectivity index (χ4n) is 0.650. The van der Waals surface area contributed by atoms with E-state index in [-0.39, 0.29) is 11.1 Å². The summed E-state index contributed by atoms with van der Waals surface area (Å²) >= 11 is 0. The number of aliphatic imine (C=N–C) groups is 1. The fourth-order valence-corrected chi connectivity index (χ4v) is 0.650. The maximum absolute atomic E-state index is 4.42. The molecule has 0 aliphatic carbocycles. The van der Waals surface area contributed by atoms with Crippen molar-refractivity contribution in [2.45, 2.75) is 52.1 Å². The molecule has 0 aromatic heterocycles. The fraction of sp³-hybridized carbons (Fsp3) is 0.900. The summed E-state index contributed by atoms with van der Waals surface area (Å²) in [6.07, 6.45) is 2.98. The first-order valence-corrected chi connectivity index (χ1v) is 4.49. The Kier molecular flexibility index (Phi) is 3.91. The molecule has 0 saturated carbocycles. The lowest BCUT2D eigenvalue weighted by Gasteiger charge is -2.22. The third-order valence-corrected chi connectivity index (χ3v) is 1.76. The van der Waals surface area contributed by atoms with Crippen molar-refractivity contribution in [2.75, 3.05) is 7.05 Å². The number of nitrogens with zero attached hydrogens (tertiary/aromatic N) is 1. The molecule has 0 atom stereocenters. The second kappa shape index (κ2) is 4.04. The molecule has 0 aromatic rings. The Bertz CT molecular complexity index is 152. The van der Waals surface area contributed by atoms with Crippen LogP contribution in [0.1, 0.15) is 41.0 Å². The summed E-state index contributed by atoms with van der Waals surface area (Å²) in [6, 6.07) is 0. The van der Waals surface area contributed by atoms with E-state index in [1.807, 2.05) is 13.3 Å². The molecule has 0 aromatic carbocycles. The van der Waals surface area contributed by atoms with Gasteiger partial charge in [-0.25, -0.2) is 0 Å². The molecule has 0 spiro atoms. The number of hydrogen-bond donors (Lipinski definition) is 1. The van der Waals surface area contributed by atoms with Gasteiger partial charge in [-0.2, -0.15) is 0 Å². The molecule has 0 saturated heterocycles. The molecule has 12 heavy (non-hydrogen) atoms. The largest absolute Gasteiger partial charge is 0.314 e. The quantitative estimate of drug-likeness (QED) is 0.645. The molecule has 0 rings (SSSR count). The Morgan fingerprint density at radius 3 is 2.00 bits per heavy atom. The predicted octanol–water partition coefficient (Wildman–Crippen LogP) is 2.24.